The summed E-state index contributed by atoms with van der Waals surface area (Å²) in [5.41, 5.74) is 0.676. The molecule has 1 aromatic heterocycles. The van der Waals surface area contributed by atoms with E-state index in [1.54, 1.807) is 23.1 Å². The van der Waals surface area contributed by atoms with Gasteiger partial charge in [0.15, 0.2) is 0 Å². The van der Waals surface area contributed by atoms with Crippen LogP contribution in [0.2, 0.25) is 0 Å². The van der Waals surface area contributed by atoms with Crippen molar-refractivity contribution in [2.45, 2.75) is 42.5 Å². The molecule has 6 heteroatoms. The molecule has 1 aliphatic rings. The monoisotopic (exact) mass is 300 g/mol. The fourth-order valence-electron chi connectivity index (χ4n) is 2.38. The number of thiazole rings is 1. The van der Waals surface area contributed by atoms with Crippen molar-refractivity contribution in [2.24, 2.45) is 0 Å². The molecule has 19 heavy (non-hydrogen) atoms. The van der Waals surface area contributed by atoms with Gasteiger partial charge in [-0.3, -0.25) is 4.79 Å². The van der Waals surface area contributed by atoms with E-state index < -0.39 is 5.97 Å². The van der Waals surface area contributed by atoms with Crippen molar-refractivity contribution in [1.82, 2.24) is 9.88 Å². The van der Waals surface area contributed by atoms with Gasteiger partial charge in [-0.15, -0.1) is 11.3 Å². The summed E-state index contributed by atoms with van der Waals surface area (Å²) in [6.45, 7) is 1.22. The number of rotatable bonds is 6. The molecule has 106 valence electrons. The Morgan fingerprint density at radius 3 is 3.21 bits per heavy atom. The molecule has 1 atom stereocenters. The van der Waals surface area contributed by atoms with Gasteiger partial charge in [-0.1, -0.05) is 18.2 Å². The van der Waals surface area contributed by atoms with Crippen molar-refractivity contribution in [3.05, 3.63) is 11.1 Å². The summed E-state index contributed by atoms with van der Waals surface area (Å²) in [6, 6.07) is 0.708. The predicted octanol–water partition coefficient (Wildman–Crippen LogP) is 2.74. The molecule has 1 fully saturated rings. The first-order valence-electron chi connectivity index (χ1n) is 6.64. The Morgan fingerprint density at radius 2 is 2.47 bits per heavy atom. The Kier molecular flexibility index (Phi) is 5.66. The number of carbonyl (C=O) groups is 1. The molecular weight excluding hydrogens is 280 g/mol. The number of hydrogen-bond acceptors (Lipinski definition) is 5. The molecular formula is C13H20N2O2S2. The zero-order chi connectivity index (χ0) is 13.7. The quantitative estimate of drug-likeness (QED) is 0.819. The third kappa shape index (κ3) is 4.78. The van der Waals surface area contributed by atoms with E-state index in [-0.39, 0.29) is 6.42 Å². The Hall–Kier alpha value is -0.590. The second-order valence-electron chi connectivity index (χ2n) is 4.94. The number of piperidine rings is 1. The van der Waals surface area contributed by atoms with Crippen LogP contribution in [0.3, 0.4) is 0 Å². The van der Waals surface area contributed by atoms with Gasteiger partial charge in [0, 0.05) is 17.2 Å². The highest BCUT2D eigenvalue weighted by atomic mass is 32.2. The first-order chi connectivity index (χ1) is 9.15. The molecule has 1 saturated heterocycles. The maximum atomic E-state index is 10.6. The van der Waals surface area contributed by atoms with E-state index in [2.05, 4.69) is 16.9 Å². The average molecular weight is 300 g/mol. The maximum absolute atomic E-state index is 10.6. The predicted molar refractivity (Wildman–Crippen MR) is 79.1 cm³/mol. The molecule has 1 aromatic rings. The van der Waals surface area contributed by atoms with Crippen LogP contribution in [0.25, 0.3) is 0 Å². The van der Waals surface area contributed by atoms with Crippen molar-refractivity contribution in [1.29, 1.82) is 0 Å². The van der Waals surface area contributed by atoms with Crippen molar-refractivity contribution in [2.75, 3.05) is 19.3 Å². The van der Waals surface area contributed by atoms with Crippen LogP contribution < -0.4 is 0 Å². The number of hydrogen-bond donors (Lipinski definition) is 1. The van der Waals surface area contributed by atoms with Crippen molar-refractivity contribution >= 4 is 29.1 Å². The number of aliphatic carboxylic acids is 1. The fourth-order valence-corrected chi connectivity index (χ4v) is 4.34. The zero-order valence-corrected chi connectivity index (χ0v) is 12.8. The average Bonchev–Trinajstić information content (AvgIpc) is 2.78. The lowest BCUT2D eigenvalue weighted by Gasteiger charge is -2.32. The molecule has 0 spiro atoms. The molecule has 1 N–H and O–H groups in total. The number of nitrogens with zero attached hydrogens (tertiary/aromatic N) is 2. The normalized spacial score (nSPS) is 20.6. The third-order valence-electron chi connectivity index (χ3n) is 3.46. The lowest BCUT2D eigenvalue weighted by atomic mass is 10.0. The number of aromatic nitrogens is 1. The van der Waals surface area contributed by atoms with Crippen LogP contribution in [-0.2, 0) is 11.2 Å². The number of carboxylic acids is 1. The van der Waals surface area contributed by atoms with E-state index >= 15 is 0 Å². The summed E-state index contributed by atoms with van der Waals surface area (Å²) in [6.07, 6.45) is 5.20. The summed E-state index contributed by atoms with van der Waals surface area (Å²) in [5, 5.41) is 10.6. The van der Waals surface area contributed by atoms with E-state index in [9.17, 15) is 4.79 Å². The van der Waals surface area contributed by atoms with Crippen molar-refractivity contribution < 1.29 is 9.90 Å². The van der Waals surface area contributed by atoms with Crippen LogP contribution in [0.15, 0.2) is 9.72 Å². The van der Waals surface area contributed by atoms with Gasteiger partial charge in [-0.2, -0.15) is 0 Å². The summed E-state index contributed by atoms with van der Waals surface area (Å²) < 4.78 is 0.995. The van der Waals surface area contributed by atoms with E-state index in [1.807, 2.05) is 5.38 Å². The van der Waals surface area contributed by atoms with Gasteiger partial charge >= 0.3 is 5.97 Å². The van der Waals surface area contributed by atoms with Gasteiger partial charge in [0.25, 0.3) is 0 Å². The first kappa shape index (κ1) is 14.8. The number of carboxylic acid groups (broad SMARTS) is 1. The van der Waals surface area contributed by atoms with E-state index in [4.69, 9.17) is 5.11 Å². The highest BCUT2D eigenvalue weighted by Gasteiger charge is 2.18. The van der Waals surface area contributed by atoms with Crippen molar-refractivity contribution in [3.8, 4) is 0 Å². The van der Waals surface area contributed by atoms with Gasteiger partial charge < -0.3 is 10.0 Å². The Balaban J connectivity index is 1.73. The summed E-state index contributed by atoms with van der Waals surface area (Å²) in [5.74, 6) is 0.250. The zero-order valence-electron chi connectivity index (χ0n) is 11.2. The summed E-state index contributed by atoms with van der Waals surface area (Å²) >= 11 is 3.31. The van der Waals surface area contributed by atoms with E-state index in [0.29, 0.717) is 11.7 Å². The molecule has 4 nitrogen and oxygen atoms in total. The molecule has 0 saturated carbocycles. The van der Waals surface area contributed by atoms with Gasteiger partial charge in [0.2, 0.25) is 0 Å². The van der Waals surface area contributed by atoms with E-state index in [0.717, 1.165) is 10.1 Å². The molecule has 0 bridgehead atoms. The largest absolute Gasteiger partial charge is 0.481 e. The van der Waals surface area contributed by atoms with Crippen molar-refractivity contribution in [3.63, 3.8) is 0 Å². The topological polar surface area (TPSA) is 53.4 Å². The minimum absolute atomic E-state index is 0.0302. The minimum Gasteiger partial charge on any atom is -0.481 e. The van der Waals surface area contributed by atoms with Gasteiger partial charge in [0.05, 0.1) is 12.1 Å². The SMILES string of the molecule is CN1CCCCC1CCSc1nc(CC(=O)O)cs1. The highest BCUT2D eigenvalue weighted by molar-refractivity contribution is 8.01. The molecule has 1 aliphatic heterocycles. The Morgan fingerprint density at radius 1 is 1.63 bits per heavy atom. The summed E-state index contributed by atoms with van der Waals surface area (Å²) in [4.78, 5) is 17.4. The molecule has 2 heterocycles. The fraction of sp³-hybridized carbons (Fsp3) is 0.692. The molecule has 0 aromatic carbocycles. The van der Waals surface area contributed by atoms with Gasteiger partial charge in [0.1, 0.15) is 4.34 Å². The number of thioether (sulfide) groups is 1. The molecule has 0 amide bonds. The number of likely N-dealkylation sites (tertiary alicyclic amines) is 1. The highest BCUT2D eigenvalue weighted by Crippen LogP contribution is 2.26. The Bertz CT molecular complexity index is 423. The minimum atomic E-state index is -0.814. The third-order valence-corrected chi connectivity index (χ3v) is 5.56. The van der Waals surface area contributed by atoms with E-state index in [1.165, 1.54) is 32.2 Å². The summed E-state index contributed by atoms with van der Waals surface area (Å²) in [7, 11) is 2.21. The Labute approximate surface area is 122 Å². The van der Waals surface area contributed by atoms with Gasteiger partial charge in [-0.05, 0) is 32.9 Å². The molecule has 0 aliphatic carbocycles. The van der Waals surface area contributed by atoms with Crippen LogP contribution in [0, 0.1) is 0 Å². The molecule has 2 rings (SSSR count). The molecule has 1 unspecified atom stereocenters. The van der Waals surface area contributed by atoms with Crippen LogP contribution in [-0.4, -0.2) is 46.3 Å². The standard InChI is InChI=1S/C13H20N2O2S2/c1-15-6-3-2-4-11(15)5-7-18-13-14-10(9-19-13)8-12(16)17/h9,11H,2-8H2,1H3,(H,16,17). The second-order valence-corrected chi connectivity index (χ2v) is 7.14. The lowest BCUT2D eigenvalue weighted by Crippen LogP contribution is -2.36. The maximum Gasteiger partial charge on any atom is 0.309 e. The smallest absolute Gasteiger partial charge is 0.309 e. The lowest BCUT2D eigenvalue weighted by molar-refractivity contribution is -0.136. The second kappa shape index (κ2) is 7.26. The molecule has 0 radical (unpaired) electrons. The van der Waals surface area contributed by atoms with Crippen LogP contribution in [0.1, 0.15) is 31.4 Å². The van der Waals surface area contributed by atoms with Crippen LogP contribution >= 0.6 is 23.1 Å². The van der Waals surface area contributed by atoms with Gasteiger partial charge in [-0.25, -0.2) is 4.98 Å². The van der Waals surface area contributed by atoms with Crippen LogP contribution in [0.5, 0.6) is 0 Å². The first-order valence-corrected chi connectivity index (χ1v) is 8.51. The van der Waals surface area contributed by atoms with Crippen LogP contribution in [0.4, 0.5) is 0 Å².